The maximum Gasteiger partial charge on any atom is 0.423 e. The van der Waals surface area contributed by atoms with Crippen LogP contribution in [0.25, 0.3) is 0 Å². The average molecular weight is 555 g/mol. The van der Waals surface area contributed by atoms with Gasteiger partial charge in [0.2, 0.25) is 0 Å². The van der Waals surface area contributed by atoms with Crippen molar-refractivity contribution >= 4 is 23.0 Å². The minimum atomic E-state index is -4.82. The van der Waals surface area contributed by atoms with Gasteiger partial charge in [0, 0.05) is 62.0 Å². The number of nitrogens with zero attached hydrogens (tertiary/aromatic N) is 3. The number of ether oxygens (including phenoxy) is 1. The number of nitrogens with one attached hydrogen (secondary N) is 1. The van der Waals surface area contributed by atoms with Crippen LogP contribution in [0.4, 0.5) is 24.5 Å². The third kappa shape index (κ3) is 5.85. The first-order valence-electron chi connectivity index (χ1n) is 12.8. The van der Waals surface area contributed by atoms with E-state index in [0.29, 0.717) is 30.7 Å². The predicted octanol–water partition coefficient (Wildman–Crippen LogP) is 4.93. The maximum atomic E-state index is 13.3. The van der Waals surface area contributed by atoms with Crippen molar-refractivity contribution in [2.45, 2.75) is 56.2 Å². The molecule has 2 aromatic rings. The number of hydrogen-bond donors (Lipinski definition) is 2. The highest BCUT2D eigenvalue weighted by Crippen LogP contribution is 2.39. The topological polar surface area (TPSA) is 91.1 Å². The molecule has 8 nitrogen and oxygen atoms in total. The van der Waals surface area contributed by atoms with Crippen LogP contribution in [-0.4, -0.2) is 70.4 Å². The summed E-state index contributed by atoms with van der Waals surface area (Å²) in [5, 5.41) is 26.1. The number of benzene rings is 2. The number of anilines is 1. The SMILES string of the molecule is O=[N+]([O-])c1ccc(NC2CCC(O)(N3CCN(CC4Cc5cc(Cl)ccc5O4)CC3)CC2)cc1C(F)(F)F. The van der Waals surface area contributed by atoms with Gasteiger partial charge in [-0.1, -0.05) is 11.6 Å². The van der Waals surface area contributed by atoms with Gasteiger partial charge in [-0.2, -0.15) is 13.2 Å². The van der Waals surface area contributed by atoms with Crippen molar-refractivity contribution in [3.63, 3.8) is 0 Å². The molecule has 0 spiro atoms. The Hall–Kier alpha value is -2.60. The molecule has 1 unspecified atom stereocenters. The van der Waals surface area contributed by atoms with Gasteiger partial charge in [-0.05, 0) is 61.6 Å². The van der Waals surface area contributed by atoms with E-state index in [1.165, 1.54) is 6.07 Å². The molecule has 5 rings (SSSR count). The fourth-order valence-corrected chi connectivity index (χ4v) is 6.01. The van der Waals surface area contributed by atoms with Crippen LogP contribution in [0.2, 0.25) is 5.02 Å². The highest BCUT2D eigenvalue weighted by Gasteiger charge is 2.41. The summed E-state index contributed by atoms with van der Waals surface area (Å²) < 4.78 is 46.0. The quantitative estimate of drug-likeness (QED) is 0.386. The molecule has 3 aliphatic rings. The normalized spacial score (nSPS) is 26.6. The number of aliphatic hydroxyl groups is 1. The molecular weight excluding hydrogens is 525 g/mol. The van der Waals surface area contributed by atoms with Crippen molar-refractivity contribution < 1.29 is 27.9 Å². The lowest BCUT2D eigenvalue weighted by atomic mass is 9.86. The van der Waals surface area contributed by atoms with Crippen molar-refractivity contribution in [2.24, 2.45) is 0 Å². The first-order valence-corrected chi connectivity index (χ1v) is 13.1. The third-order valence-electron chi connectivity index (χ3n) is 7.84. The summed E-state index contributed by atoms with van der Waals surface area (Å²) in [5.74, 6) is 0.890. The van der Waals surface area contributed by atoms with Crippen molar-refractivity contribution in [3.05, 3.63) is 62.7 Å². The summed E-state index contributed by atoms with van der Waals surface area (Å²) in [5.41, 5.74) is -1.87. The molecule has 2 aliphatic heterocycles. The number of nitro benzene ring substituents is 1. The lowest BCUT2D eigenvalue weighted by Crippen LogP contribution is -2.59. The number of piperazine rings is 1. The van der Waals surface area contributed by atoms with E-state index >= 15 is 0 Å². The van der Waals surface area contributed by atoms with Gasteiger partial charge >= 0.3 is 6.18 Å². The highest BCUT2D eigenvalue weighted by molar-refractivity contribution is 6.30. The zero-order valence-corrected chi connectivity index (χ0v) is 21.5. The first-order chi connectivity index (χ1) is 18.0. The van der Waals surface area contributed by atoms with E-state index in [2.05, 4.69) is 15.1 Å². The number of rotatable bonds is 6. The maximum absolute atomic E-state index is 13.3. The molecule has 2 fully saturated rings. The summed E-state index contributed by atoms with van der Waals surface area (Å²) >= 11 is 6.09. The molecule has 0 bridgehead atoms. The predicted molar refractivity (Wildman–Crippen MR) is 137 cm³/mol. The second-order valence-corrected chi connectivity index (χ2v) is 10.8. The van der Waals surface area contributed by atoms with Gasteiger partial charge in [0.1, 0.15) is 23.1 Å². The summed E-state index contributed by atoms with van der Waals surface area (Å²) in [7, 11) is 0. The van der Waals surface area contributed by atoms with Crippen LogP contribution in [0.1, 0.15) is 36.8 Å². The van der Waals surface area contributed by atoms with Crippen molar-refractivity contribution in [3.8, 4) is 5.75 Å². The number of hydrogen-bond acceptors (Lipinski definition) is 7. The van der Waals surface area contributed by atoms with E-state index in [-0.39, 0.29) is 17.8 Å². The Morgan fingerprint density at radius 3 is 2.50 bits per heavy atom. The van der Waals surface area contributed by atoms with Crippen LogP contribution in [-0.2, 0) is 12.6 Å². The van der Waals surface area contributed by atoms with Gasteiger partial charge in [0.15, 0.2) is 0 Å². The summed E-state index contributed by atoms with van der Waals surface area (Å²) in [6.07, 6.45) is -1.78. The molecule has 1 atom stereocenters. The van der Waals surface area contributed by atoms with Gasteiger partial charge in [-0.3, -0.25) is 19.9 Å². The molecule has 38 heavy (non-hydrogen) atoms. The van der Waals surface area contributed by atoms with E-state index in [1.54, 1.807) is 0 Å². The molecular formula is C26H30ClF3N4O4. The standard InChI is InChI=1S/C26H30ClF3N4O4/c27-18-1-4-24-17(13-18)14-21(38-24)16-32-9-11-33(12-10-32)25(35)7-5-19(6-8-25)31-20-2-3-23(34(36)37)22(15-20)26(28,29)30/h1-4,13,15,19,21,31,35H,5-12,14,16H2. The average Bonchev–Trinajstić information content (AvgIpc) is 3.26. The Morgan fingerprint density at radius 1 is 1.13 bits per heavy atom. The molecule has 12 heteroatoms. The number of nitro groups is 1. The highest BCUT2D eigenvalue weighted by atomic mass is 35.5. The molecule has 2 aromatic carbocycles. The smallest absolute Gasteiger partial charge is 0.423 e. The van der Waals surface area contributed by atoms with E-state index in [9.17, 15) is 28.4 Å². The van der Waals surface area contributed by atoms with Gasteiger partial charge in [0.25, 0.3) is 5.69 Å². The molecule has 2 N–H and O–H groups in total. The molecule has 206 valence electrons. The number of alkyl halides is 3. The number of halogens is 4. The Balaban J connectivity index is 1.10. The van der Waals surface area contributed by atoms with Crippen LogP contribution in [0, 0.1) is 10.1 Å². The molecule has 1 saturated heterocycles. The van der Waals surface area contributed by atoms with E-state index in [0.717, 1.165) is 62.6 Å². The van der Waals surface area contributed by atoms with Crippen LogP contribution in [0.3, 0.4) is 0 Å². The van der Waals surface area contributed by atoms with Crippen LogP contribution < -0.4 is 10.1 Å². The Labute approximate surface area is 223 Å². The zero-order chi connectivity index (χ0) is 27.1. The second kappa shape index (κ2) is 10.5. The minimum absolute atomic E-state index is 0.0805. The minimum Gasteiger partial charge on any atom is -0.488 e. The molecule has 0 radical (unpaired) electrons. The van der Waals surface area contributed by atoms with Gasteiger partial charge in [-0.15, -0.1) is 0 Å². The van der Waals surface area contributed by atoms with Crippen LogP contribution in [0.15, 0.2) is 36.4 Å². The van der Waals surface area contributed by atoms with E-state index in [4.69, 9.17) is 16.3 Å². The third-order valence-corrected chi connectivity index (χ3v) is 8.08. The van der Waals surface area contributed by atoms with Gasteiger partial charge in [0.05, 0.1) is 4.92 Å². The molecule has 0 aromatic heterocycles. The fraction of sp³-hybridized carbons (Fsp3) is 0.538. The summed E-state index contributed by atoms with van der Waals surface area (Å²) in [6.45, 7) is 3.86. The monoisotopic (exact) mass is 554 g/mol. The van der Waals surface area contributed by atoms with Crippen molar-refractivity contribution in [1.29, 1.82) is 0 Å². The molecule has 1 saturated carbocycles. The van der Waals surface area contributed by atoms with Crippen LogP contribution >= 0.6 is 11.6 Å². The largest absolute Gasteiger partial charge is 0.488 e. The van der Waals surface area contributed by atoms with Crippen molar-refractivity contribution in [2.75, 3.05) is 38.0 Å². The lowest BCUT2D eigenvalue weighted by molar-refractivity contribution is -0.388. The Kier molecular flexibility index (Phi) is 7.47. The van der Waals surface area contributed by atoms with E-state index < -0.39 is 28.1 Å². The summed E-state index contributed by atoms with van der Waals surface area (Å²) in [6, 6.07) is 8.54. The van der Waals surface area contributed by atoms with Crippen LogP contribution in [0.5, 0.6) is 5.75 Å². The number of fused-ring (bicyclic) bond motifs is 1. The lowest BCUT2D eigenvalue weighted by Gasteiger charge is -2.48. The molecule has 0 amide bonds. The van der Waals surface area contributed by atoms with Gasteiger partial charge < -0.3 is 15.2 Å². The second-order valence-electron chi connectivity index (χ2n) is 10.4. The zero-order valence-electron chi connectivity index (χ0n) is 20.7. The van der Waals surface area contributed by atoms with Crippen molar-refractivity contribution in [1.82, 2.24) is 9.80 Å². The van der Waals surface area contributed by atoms with Gasteiger partial charge in [-0.25, -0.2) is 0 Å². The summed E-state index contributed by atoms with van der Waals surface area (Å²) in [4.78, 5) is 14.4. The molecule has 1 aliphatic carbocycles. The fourth-order valence-electron chi connectivity index (χ4n) is 5.81. The molecule has 2 heterocycles. The Bertz CT molecular complexity index is 1180. The van der Waals surface area contributed by atoms with E-state index in [1.807, 2.05) is 18.2 Å². The first kappa shape index (κ1) is 27.0. The Morgan fingerprint density at radius 2 is 1.84 bits per heavy atom.